The zero-order valence-electron chi connectivity index (χ0n) is 14.8. The second-order valence-corrected chi connectivity index (χ2v) is 6.18. The van der Waals surface area contributed by atoms with Gasteiger partial charge in [-0.15, -0.1) is 0 Å². The second kappa shape index (κ2) is 8.92. The van der Waals surface area contributed by atoms with Gasteiger partial charge in [0.25, 0.3) is 11.8 Å². The van der Waals surface area contributed by atoms with Crippen LogP contribution in [0.25, 0.3) is 0 Å². The van der Waals surface area contributed by atoms with Crippen molar-refractivity contribution in [1.82, 2.24) is 10.9 Å². The molecular formula is C19H19ClN4O3. The maximum Gasteiger partial charge on any atom is 0.269 e. The zero-order chi connectivity index (χ0) is 20.0. The number of phenols is 1. The smallest absolute Gasteiger partial charge is 0.269 e. The van der Waals surface area contributed by atoms with Crippen LogP contribution < -0.4 is 16.2 Å². The Morgan fingerprint density at radius 2 is 1.85 bits per heavy atom. The minimum atomic E-state index is -0.618. The third kappa shape index (κ3) is 4.90. The van der Waals surface area contributed by atoms with E-state index in [0.717, 1.165) is 0 Å². The highest BCUT2D eigenvalue weighted by atomic mass is 35.5. The van der Waals surface area contributed by atoms with Crippen LogP contribution in [-0.2, 0) is 4.79 Å². The number of carbonyl (C=O) groups is 2. The van der Waals surface area contributed by atoms with Crippen molar-refractivity contribution in [2.75, 3.05) is 5.32 Å². The number of carbonyl (C=O) groups excluding carboxylic acids is 2. The quantitative estimate of drug-likeness (QED) is 0.590. The summed E-state index contributed by atoms with van der Waals surface area (Å²) in [6.07, 6.45) is 0.456. The predicted octanol–water partition coefficient (Wildman–Crippen LogP) is 2.88. The van der Waals surface area contributed by atoms with E-state index in [1.807, 2.05) is 13.0 Å². The first kappa shape index (κ1) is 20.1. The van der Waals surface area contributed by atoms with E-state index in [0.29, 0.717) is 33.8 Å². The SMILES string of the molecule is CC[C@@H](Nc1ccc(C#N)c(Cl)c1C)C(=O)NNC(=O)c1ccc(O)cc1. The molecule has 0 fully saturated rings. The van der Waals surface area contributed by atoms with Gasteiger partial charge in [-0.2, -0.15) is 5.26 Å². The molecule has 4 N–H and O–H groups in total. The van der Waals surface area contributed by atoms with Crippen LogP contribution in [0.3, 0.4) is 0 Å². The van der Waals surface area contributed by atoms with Crippen molar-refractivity contribution < 1.29 is 14.7 Å². The lowest BCUT2D eigenvalue weighted by Gasteiger charge is -2.20. The standard InChI is InChI=1S/C19H19ClN4O3/c1-3-15(22-16-9-6-13(10-21)17(20)11(16)2)19(27)24-23-18(26)12-4-7-14(25)8-5-12/h4-9,15,22,25H,3H2,1-2H3,(H,23,26)(H,24,27)/t15-/m1/s1. The number of hydrazine groups is 1. The minimum absolute atomic E-state index is 0.0438. The molecule has 0 saturated carbocycles. The van der Waals surface area contributed by atoms with Gasteiger partial charge in [0, 0.05) is 11.3 Å². The molecule has 2 aromatic carbocycles. The van der Waals surface area contributed by atoms with Crippen molar-refractivity contribution in [2.45, 2.75) is 26.3 Å². The number of nitriles is 1. The van der Waals surface area contributed by atoms with Crippen LogP contribution in [0.4, 0.5) is 5.69 Å². The summed E-state index contributed by atoms with van der Waals surface area (Å²) in [7, 11) is 0. The summed E-state index contributed by atoms with van der Waals surface area (Å²) in [5, 5.41) is 21.6. The average molecular weight is 387 g/mol. The first-order chi connectivity index (χ1) is 12.9. The van der Waals surface area contributed by atoms with E-state index >= 15 is 0 Å². The van der Waals surface area contributed by atoms with Gasteiger partial charge in [0.2, 0.25) is 0 Å². The number of nitrogens with zero attached hydrogens (tertiary/aromatic N) is 1. The van der Waals surface area contributed by atoms with Gasteiger partial charge in [-0.05, 0) is 55.3 Å². The van der Waals surface area contributed by atoms with Gasteiger partial charge in [0.05, 0.1) is 10.6 Å². The fourth-order valence-corrected chi connectivity index (χ4v) is 2.57. The number of benzene rings is 2. The molecule has 2 rings (SSSR count). The van der Waals surface area contributed by atoms with Crippen molar-refractivity contribution in [1.29, 1.82) is 5.26 Å². The molecule has 27 heavy (non-hydrogen) atoms. The van der Waals surface area contributed by atoms with Gasteiger partial charge in [-0.1, -0.05) is 18.5 Å². The van der Waals surface area contributed by atoms with Crippen LogP contribution in [0, 0.1) is 18.3 Å². The summed E-state index contributed by atoms with van der Waals surface area (Å²) < 4.78 is 0. The number of rotatable bonds is 5. The number of halogens is 1. The molecule has 2 aromatic rings. The van der Waals surface area contributed by atoms with E-state index in [4.69, 9.17) is 16.9 Å². The van der Waals surface area contributed by atoms with E-state index in [9.17, 15) is 14.7 Å². The third-order valence-electron chi connectivity index (χ3n) is 3.99. The monoisotopic (exact) mass is 386 g/mol. The zero-order valence-corrected chi connectivity index (χ0v) is 15.6. The van der Waals surface area contributed by atoms with Gasteiger partial charge in [0.15, 0.2) is 0 Å². The lowest BCUT2D eigenvalue weighted by Crippen LogP contribution is -2.48. The van der Waals surface area contributed by atoms with Crippen molar-refractivity contribution in [3.05, 3.63) is 58.1 Å². The summed E-state index contributed by atoms with van der Waals surface area (Å²) in [6.45, 7) is 3.57. The lowest BCUT2D eigenvalue weighted by atomic mass is 10.1. The number of hydrogen-bond acceptors (Lipinski definition) is 5. The highest BCUT2D eigenvalue weighted by Crippen LogP contribution is 2.27. The third-order valence-corrected chi connectivity index (χ3v) is 4.48. The molecule has 0 aliphatic rings. The summed E-state index contributed by atoms with van der Waals surface area (Å²) in [4.78, 5) is 24.4. The fourth-order valence-electron chi connectivity index (χ4n) is 2.36. The summed E-state index contributed by atoms with van der Waals surface area (Å²) >= 11 is 6.15. The van der Waals surface area contributed by atoms with Crippen molar-refractivity contribution >= 4 is 29.1 Å². The highest BCUT2D eigenvalue weighted by molar-refractivity contribution is 6.32. The second-order valence-electron chi connectivity index (χ2n) is 5.81. The first-order valence-corrected chi connectivity index (χ1v) is 8.60. The van der Waals surface area contributed by atoms with E-state index in [1.165, 1.54) is 24.3 Å². The van der Waals surface area contributed by atoms with Crippen molar-refractivity contribution in [2.24, 2.45) is 0 Å². The van der Waals surface area contributed by atoms with E-state index in [1.54, 1.807) is 19.1 Å². The summed E-state index contributed by atoms with van der Waals surface area (Å²) in [5.41, 5.74) is 6.66. The number of amides is 2. The molecule has 0 heterocycles. The number of anilines is 1. The number of nitrogens with one attached hydrogen (secondary N) is 3. The molecule has 0 aliphatic heterocycles. The maximum absolute atomic E-state index is 12.4. The maximum atomic E-state index is 12.4. The van der Waals surface area contributed by atoms with Crippen molar-refractivity contribution in [3.8, 4) is 11.8 Å². The molecule has 8 heteroatoms. The Morgan fingerprint density at radius 1 is 1.19 bits per heavy atom. The number of phenolic OH excluding ortho intramolecular Hbond substituents is 1. The van der Waals surface area contributed by atoms with Crippen LogP contribution in [0.15, 0.2) is 36.4 Å². The van der Waals surface area contributed by atoms with Crippen LogP contribution in [0.1, 0.15) is 34.8 Å². The van der Waals surface area contributed by atoms with E-state index in [2.05, 4.69) is 16.2 Å². The lowest BCUT2D eigenvalue weighted by molar-refractivity contribution is -0.122. The van der Waals surface area contributed by atoms with Gasteiger partial charge < -0.3 is 10.4 Å². The Kier molecular flexibility index (Phi) is 6.63. The largest absolute Gasteiger partial charge is 0.508 e. The van der Waals surface area contributed by atoms with Crippen LogP contribution in [0.2, 0.25) is 5.02 Å². The Hall–Kier alpha value is -3.24. The van der Waals surface area contributed by atoms with Crippen LogP contribution in [-0.4, -0.2) is 23.0 Å². The molecule has 0 aromatic heterocycles. The molecule has 140 valence electrons. The van der Waals surface area contributed by atoms with Gasteiger partial charge >= 0.3 is 0 Å². The van der Waals surface area contributed by atoms with Gasteiger partial charge in [-0.3, -0.25) is 20.4 Å². The Balaban J connectivity index is 2.02. The van der Waals surface area contributed by atoms with Crippen molar-refractivity contribution in [3.63, 3.8) is 0 Å². The molecule has 0 saturated heterocycles. The number of hydrogen-bond donors (Lipinski definition) is 4. The minimum Gasteiger partial charge on any atom is -0.508 e. The van der Waals surface area contributed by atoms with Gasteiger partial charge in [0.1, 0.15) is 17.9 Å². The fraction of sp³-hybridized carbons (Fsp3) is 0.211. The average Bonchev–Trinajstić information content (AvgIpc) is 2.67. The summed E-state index contributed by atoms with van der Waals surface area (Å²) in [5.74, 6) is -0.886. The molecule has 0 unspecified atom stereocenters. The normalized spacial score (nSPS) is 11.2. The predicted molar refractivity (Wildman–Crippen MR) is 102 cm³/mol. The molecular weight excluding hydrogens is 368 g/mol. The van der Waals surface area contributed by atoms with Crippen LogP contribution in [0.5, 0.6) is 5.75 Å². The van der Waals surface area contributed by atoms with Gasteiger partial charge in [-0.25, -0.2) is 0 Å². The molecule has 1 atom stereocenters. The highest BCUT2D eigenvalue weighted by Gasteiger charge is 2.19. The first-order valence-electron chi connectivity index (χ1n) is 8.22. The van der Waals surface area contributed by atoms with E-state index < -0.39 is 17.9 Å². The Morgan fingerprint density at radius 3 is 2.44 bits per heavy atom. The Labute approximate surface area is 161 Å². The molecule has 0 spiro atoms. The van der Waals surface area contributed by atoms with E-state index in [-0.39, 0.29) is 5.75 Å². The molecule has 0 radical (unpaired) electrons. The molecule has 0 bridgehead atoms. The molecule has 2 amide bonds. The van der Waals surface area contributed by atoms with Crippen LogP contribution >= 0.6 is 11.6 Å². The number of aromatic hydroxyl groups is 1. The Bertz CT molecular complexity index is 891. The topological polar surface area (TPSA) is 114 Å². The summed E-state index contributed by atoms with van der Waals surface area (Å²) in [6, 6.07) is 10.3. The molecule has 7 nitrogen and oxygen atoms in total. The molecule has 0 aliphatic carbocycles.